The van der Waals surface area contributed by atoms with Crippen molar-refractivity contribution in [2.45, 2.75) is 49.3 Å². The third kappa shape index (κ3) is 6.26. The molecule has 0 saturated heterocycles. The van der Waals surface area contributed by atoms with E-state index in [-0.39, 0.29) is 0 Å². The van der Waals surface area contributed by atoms with Crippen LogP contribution in [0, 0.1) is 20.2 Å². The highest BCUT2D eigenvalue weighted by atomic mass is 33.2. The highest BCUT2D eigenvalue weighted by Crippen LogP contribution is 2.69. The Balaban J connectivity index is 2.70. The number of carboxylic acid groups (broad SMARTS) is 2. The van der Waals surface area contributed by atoms with Crippen molar-refractivity contribution >= 4 is 43.2 Å². The fourth-order valence-corrected chi connectivity index (χ4v) is 10.4. The molecule has 34 heavy (non-hydrogen) atoms. The summed E-state index contributed by atoms with van der Waals surface area (Å²) >= 11 is 0. The van der Waals surface area contributed by atoms with Crippen molar-refractivity contribution in [3.63, 3.8) is 0 Å². The molecular weight excluding hydrogens is 484 g/mol. The van der Waals surface area contributed by atoms with Gasteiger partial charge in [0.15, 0.2) is 0 Å². The molecule has 0 aliphatic heterocycles. The van der Waals surface area contributed by atoms with E-state index < -0.39 is 53.3 Å². The topological polar surface area (TPSA) is 161 Å². The van der Waals surface area contributed by atoms with E-state index in [1.54, 1.807) is 6.07 Å². The van der Waals surface area contributed by atoms with Gasteiger partial charge in [-0.25, -0.2) is 9.59 Å². The molecule has 0 atom stereocenters. The van der Waals surface area contributed by atoms with Crippen LogP contribution in [-0.4, -0.2) is 43.5 Å². The van der Waals surface area contributed by atoms with E-state index in [0.29, 0.717) is 21.3 Å². The van der Waals surface area contributed by atoms with E-state index in [4.69, 9.17) is 0 Å². The quantitative estimate of drug-likeness (QED) is 0.177. The smallest absolute Gasteiger partial charge is 0.342 e. The molecule has 10 nitrogen and oxygen atoms in total. The normalized spacial score (nSPS) is 11.7. The van der Waals surface area contributed by atoms with Crippen molar-refractivity contribution < 1.29 is 29.6 Å². The molecule has 2 rings (SSSR count). The van der Waals surface area contributed by atoms with Gasteiger partial charge in [-0.1, -0.05) is 37.5 Å². The van der Waals surface area contributed by atoms with Gasteiger partial charge in [-0.05, 0) is 48.6 Å². The Bertz CT molecular complexity index is 1100. The zero-order chi connectivity index (χ0) is 25.5. The first-order valence-corrected chi connectivity index (χ1v) is 13.9. The minimum absolute atomic E-state index is 0.400. The Hall–Kier alpha value is -3.12. The summed E-state index contributed by atoms with van der Waals surface area (Å²) in [6, 6.07) is 8.08. The summed E-state index contributed by atoms with van der Waals surface area (Å²) < 4.78 is 0. The Labute approximate surface area is 201 Å². The molecule has 184 valence electrons. The fraction of sp³-hybridized carbons (Fsp3) is 0.364. The molecule has 2 N–H and O–H groups in total. The average Bonchev–Trinajstić information content (AvgIpc) is 2.80. The monoisotopic (exact) mass is 510 g/mol. The second kappa shape index (κ2) is 11.8. The minimum Gasteiger partial charge on any atom is -0.477 e. The summed E-state index contributed by atoms with van der Waals surface area (Å²) in [4.78, 5) is 45.7. The van der Waals surface area contributed by atoms with Gasteiger partial charge in [0.2, 0.25) is 0 Å². The summed E-state index contributed by atoms with van der Waals surface area (Å²) in [5.74, 6) is -1.45. The van der Waals surface area contributed by atoms with Crippen LogP contribution in [0.4, 0.5) is 11.4 Å². The van der Waals surface area contributed by atoms with Gasteiger partial charge in [-0.2, -0.15) is 9.06 Å². The SMILES string of the molecule is CCCCS(CCCC)(Sc1ccc([N+](=O)[O-])c(C(=O)O)c1)c1ccc([N+](=O)[O-])c(C(=O)O)c1. The Morgan fingerprint density at radius 1 is 0.853 bits per heavy atom. The first-order chi connectivity index (χ1) is 16.1. The average molecular weight is 511 g/mol. The van der Waals surface area contributed by atoms with Crippen molar-refractivity contribution in [3.05, 3.63) is 67.8 Å². The minimum atomic E-state index is -1.86. The van der Waals surface area contributed by atoms with E-state index in [2.05, 4.69) is 0 Å². The summed E-state index contributed by atoms with van der Waals surface area (Å²) in [6.07, 6.45) is 3.34. The van der Waals surface area contributed by atoms with Crippen LogP contribution >= 0.6 is 19.9 Å². The van der Waals surface area contributed by atoms with Crippen LogP contribution in [0.3, 0.4) is 0 Å². The first kappa shape index (κ1) is 27.1. The molecule has 12 heteroatoms. The van der Waals surface area contributed by atoms with E-state index >= 15 is 0 Å². The number of aromatic carboxylic acids is 2. The summed E-state index contributed by atoms with van der Waals surface area (Å²) in [5, 5.41) is 41.7. The molecule has 0 aliphatic rings. The second-order valence-corrected chi connectivity index (χ2v) is 13.5. The first-order valence-electron chi connectivity index (χ1n) is 10.6. The third-order valence-corrected chi connectivity index (χ3v) is 12.0. The molecule has 0 fully saturated rings. The van der Waals surface area contributed by atoms with Crippen molar-refractivity contribution in [3.8, 4) is 0 Å². The summed E-state index contributed by atoms with van der Waals surface area (Å²) in [7, 11) is -0.468. The van der Waals surface area contributed by atoms with Crippen LogP contribution in [0.25, 0.3) is 0 Å². The third-order valence-electron chi connectivity index (χ3n) is 5.13. The number of hydrogen-bond acceptors (Lipinski definition) is 7. The molecule has 0 aromatic heterocycles. The molecule has 0 heterocycles. The highest BCUT2D eigenvalue weighted by Gasteiger charge is 2.32. The molecule has 0 bridgehead atoms. The van der Waals surface area contributed by atoms with Gasteiger partial charge in [0.25, 0.3) is 11.4 Å². The van der Waals surface area contributed by atoms with Crippen molar-refractivity contribution in [1.29, 1.82) is 0 Å². The molecule has 2 aromatic carbocycles. The number of nitro groups is 2. The summed E-state index contributed by atoms with van der Waals surface area (Å²) in [6.45, 7) is 4.03. The predicted octanol–water partition coefficient (Wildman–Crippen LogP) is 6.37. The molecule has 2 aromatic rings. The number of benzene rings is 2. The van der Waals surface area contributed by atoms with Crippen molar-refractivity contribution in [1.82, 2.24) is 0 Å². The Kier molecular flexibility index (Phi) is 9.45. The zero-order valence-corrected chi connectivity index (χ0v) is 20.4. The van der Waals surface area contributed by atoms with Crippen LogP contribution in [0.15, 0.2) is 46.2 Å². The van der Waals surface area contributed by atoms with Crippen LogP contribution in [0.5, 0.6) is 0 Å². The maximum Gasteiger partial charge on any atom is 0.342 e. The Morgan fingerprint density at radius 2 is 1.32 bits per heavy atom. The predicted molar refractivity (Wildman–Crippen MR) is 131 cm³/mol. The van der Waals surface area contributed by atoms with E-state index in [9.17, 15) is 40.0 Å². The molecule has 0 amide bonds. The van der Waals surface area contributed by atoms with Gasteiger partial charge in [0.05, 0.1) is 9.85 Å². The van der Waals surface area contributed by atoms with Crippen LogP contribution < -0.4 is 0 Å². The maximum atomic E-state index is 11.8. The van der Waals surface area contributed by atoms with Crippen molar-refractivity contribution in [2.75, 3.05) is 11.5 Å². The number of rotatable bonds is 13. The largest absolute Gasteiger partial charge is 0.477 e. The van der Waals surface area contributed by atoms with E-state index in [1.807, 2.05) is 13.8 Å². The van der Waals surface area contributed by atoms with Gasteiger partial charge in [-0.3, -0.25) is 20.2 Å². The van der Waals surface area contributed by atoms with Gasteiger partial charge in [0, 0.05) is 21.9 Å². The number of carboxylic acids is 2. The van der Waals surface area contributed by atoms with Gasteiger partial charge < -0.3 is 10.2 Å². The zero-order valence-electron chi connectivity index (χ0n) is 18.8. The Morgan fingerprint density at radius 3 is 1.76 bits per heavy atom. The van der Waals surface area contributed by atoms with Crippen molar-refractivity contribution in [2.24, 2.45) is 0 Å². The number of carbonyl (C=O) groups is 2. The lowest BCUT2D eigenvalue weighted by molar-refractivity contribution is -0.385. The maximum absolute atomic E-state index is 11.8. The van der Waals surface area contributed by atoms with Crippen LogP contribution in [-0.2, 0) is 0 Å². The second-order valence-electron chi connectivity index (χ2n) is 7.49. The van der Waals surface area contributed by atoms with Gasteiger partial charge >= 0.3 is 11.9 Å². The summed E-state index contributed by atoms with van der Waals surface area (Å²) in [5.41, 5.74) is -1.83. The molecular formula is C22H26N2O8S2. The van der Waals surface area contributed by atoms with Gasteiger partial charge in [-0.15, -0.1) is 0 Å². The fourth-order valence-electron chi connectivity index (χ4n) is 3.38. The van der Waals surface area contributed by atoms with Gasteiger partial charge in [0.1, 0.15) is 11.1 Å². The lowest BCUT2D eigenvalue weighted by Crippen LogP contribution is -2.10. The number of unbranched alkanes of at least 4 members (excludes halogenated alkanes) is 2. The molecule has 0 radical (unpaired) electrons. The molecule has 0 aliphatic carbocycles. The number of nitro benzene ring substituents is 2. The van der Waals surface area contributed by atoms with Crippen LogP contribution in [0.2, 0.25) is 0 Å². The highest BCUT2D eigenvalue weighted by molar-refractivity contribution is 8.94. The van der Waals surface area contributed by atoms with E-state index in [1.165, 1.54) is 35.1 Å². The number of hydrogen-bond donors (Lipinski definition) is 2. The number of nitrogens with zero attached hydrogens (tertiary/aromatic N) is 2. The lowest BCUT2D eigenvalue weighted by atomic mass is 10.2. The molecule has 0 unspecified atom stereocenters. The lowest BCUT2D eigenvalue weighted by Gasteiger charge is -2.40. The molecule has 0 spiro atoms. The molecule has 0 saturated carbocycles. The van der Waals surface area contributed by atoms with E-state index in [0.717, 1.165) is 31.7 Å². The van der Waals surface area contributed by atoms with Crippen LogP contribution in [0.1, 0.15) is 60.2 Å². The standard InChI is InChI=1S/C22H26N2O8S2/c1-3-5-11-34(12-6-4-2,16-8-10-20(24(31)32)18(14-16)22(27)28)33-15-7-9-19(23(29)30)17(13-15)21(25)26/h7-10,13-14H,3-6,11-12H2,1-2H3,(H,25,26)(H,27,28).